The Morgan fingerprint density at radius 2 is 1.86 bits per heavy atom. The van der Waals surface area contributed by atoms with Crippen LogP contribution in [0.5, 0.6) is 0 Å². The minimum Gasteiger partial charge on any atom is -0.316 e. The van der Waals surface area contributed by atoms with Gasteiger partial charge in [-0.1, -0.05) is 49.5 Å². The molecule has 1 nitrogen and oxygen atoms in total. The fourth-order valence-corrected chi connectivity index (χ4v) is 4.57. The van der Waals surface area contributed by atoms with Gasteiger partial charge in [0.25, 0.3) is 0 Å². The van der Waals surface area contributed by atoms with Crippen LogP contribution in [0, 0.1) is 11.3 Å². The van der Waals surface area contributed by atoms with Crippen molar-refractivity contribution in [2.75, 3.05) is 13.1 Å². The first-order chi connectivity index (χ1) is 9.95. The molecule has 1 N–H and O–H groups in total. The Balaban J connectivity index is 1.77. The number of hydrogen-bond acceptors (Lipinski definition) is 1. The van der Waals surface area contributed by atoms with E-state index in [0.717, 1.165) is 13.1 Å². The molecule has 21 heavy (non-hydrogen) atoms. The van der Waals surface area contributed by atoms with Crippen molar-refractivity contribution in [3.05, 3.63) is 33.8 Å². The van der Waals surface area contributed by atoms with Crippen molar-refractivity contribution in [1.82, 2.24) is 5.32 Å². The van der Waals surface area contributed by atoms with Crippen LogP contribution in [0.4, 0.5) is 0 Å². The van der Waals surface area contributed by atoms with Gasteiger partial charge in [-0.15, -0.1) is 0 Å². The van der Waals surface area contributed by atoms with E-state index in [-0.39, 0.29) is 5.41 Å². The van der Waals surface area contributed by atoms with E-state index in [9.17, 15) is 0 Å². The van der Waals surface area contributed by atoms with E-state index in [2.05, 4.69) is 31.3 Å². The number of hydrogen-bond donors (Lipinski definition) is 1. The van der Waals surface area contributed by atoms with Gasteiger partial charge >= 0.3 is 0 Å². The van der Waals surface area contributed by atoms with Gasteiger partial charge in [-0.3, -0.25) is 0 Å². The summed E-state index contributed by atoms with van der Waals surface area (Å²) in [6, 6.07) is 6.22. The Bertz CT molecular complexity index is 512. The normalized spacial score (nSPS) is 22.1. The third-order valence-electron chi connectivity index (χ3n) is 5.39. The van der Waals surface area contributed by atoms with Crippen LogP contribution < -0.4 is 5.32 Å². The lowest BCUT2D eigenvalue weighted by molar-refractivity contribution is -0.0484. The maximum Gasteiger partial charge on any atom is 0.0595 e. The molecular formula is C18H25Cl2N. The van der Waals surface area contributed by atoms with Crippen LogP contribution in [0.15, 0.2) is 18.2 Å². The first kappa shape index (κ1) is 15.6. The molecule has 2 saturated carbocycles. The monoisotopic (exact) mass is 325 g/mol. The topological polar surface area (TPSA) is 12.0 Å². The van der Waals surface area contributed by atoms with Crippen LogP contribution in [0.3, 0.4) is 0 Å². The SMILES string of the molecule is CC(C)CNCC1(c2ccc(Cl)c(Cl)c2)CC2(CCC2)C1. The number of nitrogens with one attached hydrogen (secondary N) is 1. The summed E-state index contributed by atoms with van der Waals surface area (Å²) in [5, 5.41) is 5.01. The molecular weight excluding hydrogens is 301 g/mol. The average molecular weight is 326 g/mol. The molecule has 1 aromatic rings. The highest BCUT2D eigenvalue weighted by atomic mass is 35.5. The number of benzene rings is 1. The van der Waals surface area contributed by atoms with Crippen molar-refractivity contribution in [3.63, 3.8) is 0 Å². The van der Waals surface area contributed by atoms with Gasteiger partial charge in [-0.25, -0.2) is 0 Å². The van der Waals surface area contributed by atoms with Gasteiger partial charge in [-0.2, -0.15) is 0 Å². The molecule has 3 heteroatoms. The predicted octanol–water partition coefficient (Wildman–Crippen LogP) is 5.44. The Morgan fingerprint density at radius 3 is 2.38 bits per heavy atom. The smallest absolute Gasteiger partial charge is 0.0595 e. The molecule has 116 valence electrons. The third kappa shape index (κ3) is 2.98. The molecule has 0 radical (unpaired) electrons. The van der Waals surface area contributed by atoms with Crippen molar-refractivity contribution in [1.29, 1.82) is 0 Å². The fourth-order valence-electron chi connectivity index (χ4n) is 4.27. The van der Waals surface area contributed by atoms with Crippen molar-refractivity contribution >= 4 is 23.2 Å². The molecule has 2 aliphatic rings. The van der Waals surface area contributed by atoms with Crippen molar-refractivity contribution in [2.24, 2.45) is 11.3 Å². The molecule has 2 fully saturated rings. The molecule has 0 aliphatic heterocycles. The highest BCUT2D eigenvalue weighted by Gasteiger charge is 2.57. The maximum atomic E-state index is 6.25. The van der Waals surface area contributed by atoms with Gasteiger partial charge in [-0.05, 0) is 61.3 Å². The van der Waals surface area contributed by atoms with Gasteiger partial charge in [0.1, 0.15) is 0 Å². The summed E-state index contributed by atoms with van der Waals surface area (Å²) < 4.78 is 0. The van der Waals surface area contributed by atoms with E-state index < -0.39 is 0 Å². The van der Waals surface area contributed by atoms with Crippen molar-refractivity contribution in [2.45, 2.75) is 51.4 Å². The van der Waals surface area contributed by atoms with Crippen molar-refractivity contribution < 1.29 is 0 Å². The first-order valence-electron chi connectivity index (χ1n) is 8.11. The molecule has 0 unspecified atom stereocenters. The predicted molar refractivity (Wildman–Crippen MR) is 91.4 cm³/mol. The zero-order valence-electron chi connectivity index (χ0n) is 13.0. The van der Waals surface area contributed by atoms with Gasteiger partial charge in [0.2, 0.25) is 0 Å². The van der Waals surface area contributed by atoms with E-state index in [1.54, 1.807) is 0 Å². The Hall–Kier alpha value is -0.240. The number of halogens is 2. The summed E-state index contributed by atoms with van der Waals surface area (Å²) in [6.45, 7) is 6.65. The fraction of sp³-hybridized carbons (Fsp3) is 0.667. The molecule has 0 atom stereocenters. The van der Waals surface area contributed by atoms with Gasteiger partial charge in [0.15, 0.2) is 0 Å². The molecule has 3 rings (SSSR count). The summed E-state index contributed by atoms with van der Waals surface area (Å²) >= 11 is 12.3. The summed E-state index contributed by atoms with van der Waals surface area (Å²) in [5.41, 5.74) is 2.28. The largest absolute Gasteiger partial charge is 0.316 e. The summed E-state index contributed by atoms with van der Waals surface area (Å²) in [7, 11) is 0. The van der Waals surface area contributed by atoms with Gasteiger partial charge in [0, 0.05) is 12.0 Å². The van der Waals surface area contributed by atoms with E-state index in [1.165, 1.54) is 37.7 Å². The highest BCUT2D eigenvalue weighted by molar-refractivity contribution is 6.42. The van der Waals surface area contributed by atoms with Gasteiger partial charge in [0.05, 0.1) is 10.0 Å². The first-order valence-corrected chi connectivity index (χ1v) is 8.87. The second-order valence-corrected chi connectivity index (χ2v) is 8.46. The van der Waals surface area contributed by atoms with E-state index in [4.69, 9.17) is 23.2 Å². The van der Waals surface area contributed by atoms with Crippen LogP contribution in [0.25, 0.3) is 0 Å². The summed E-state index contributed by atoms with van der Waals surface area (Å²) in [6.07, 6.45) is 6.86. The van der Waals surface area contributed by atoms with Crippen LogP contribution in [0.1, 0.15) is 51.5 Å². The Kier molecular flexibility index (Phi) is 4.29. The second-order valence-electron chi connectivity index (χ2n) is 7.64. The van der Waals surface area contributed by atoms with E-state index in [0.29, 0.717) is 21.4 Å². The van der Waals surface area contributed by atoms with Crippen LogP contribution >= 0.6 is 23.2 Å². The molecule has 0 bridgehead atoms. The minimum absolute atomic E-state index is 0.267. The molecule has 1 aromatic carbocycles. The molecule has 0 aromatic heterocycles. The van der Waals surface area contributed by atoms with E-state index >= 15 is 0 Å². The zero-order valence-corrected chi connectivity index (χ0v) is 14.5. The Labute approximate surface area is 138 Å². The summed E-state index contributed by atoms with van der Waals surface area (Å²) in [4.78, 5) is 0. The van der Waals surface area contributed by atoms with Crippen molar-refractivity contribution in [3.8, 4) is 0 Å². The average Bonchev–Trinajstić information content (AvgIpc) is 2.33. The zero-order chi connectivity index (χ0) is 15.1. The minimum atomic E-state index is 0.267. The summed E-state index contributed by atoms with van der Waals surface area (Å²) in [5.74, 6) is 0.689. The molecule has 2 aliphatic carbocycles. The molecule has 1 spiro atoms. The lowest BCUT2D eigenvalue weighted by Crippen LogP contribution is -2.57. The lowest BCUT2D eigenvalue weighted by atomic mass is 9.43. The second kappa shape index (κ2) is 5.76. The molecule has 0 saturated heterocycles. The molecule has 0 amide bonds. The van der Waals surface area contributed by atoms with Crippen LogP contribution in [-0.2, 0) is 5.41 Å². The maximum absolute atomic E-state index is 6.25. The number of rotatable bonds is 5. The van der Waals surface area contributed by atoms with Gasteiger partial charge < -0.3 is 5.32 Å². The van der Waals surface area contributed by atoms with Crippen LogP contribution in [0.2, 0.25) is 10.0 Å². The van der Waals surface area contributed by atoms with Crippen LogP contribution in [-0.4, -0.2) is 13.1 Å². The standard InChI is InChI=1S/C18H25Cl2N/c1-13(2)9-21-12-18(10-17(11-18)6-3-7-17)14-4-5-15(19)16(20)8-14/h4-5,8,13,21H,3,6-7,9-12H2,1-2H3. The highest BCUT2D eigenvalue weighted by Crippen LogP contribution is 2.64. The Morgan fingerprint density at radius 1 is 1.14 bits per heavy atom. The quantitative estimate of drug-likeness (QED) is 0.759. The molecule has 0 heterocycles. The lowest BCUT2D eigenvalue weighted by Gasteiger charge is -2.62. The van der Waals surface area contributed by atoms with E-state index in [1.807, 2.05) is 6.07 Å². The third-order valence-corrected chi connectivity index (χ3v) is 6.13.